The molecule has 3 rings (SSSR count). The molecule has 0 radical (unpaired) electrons. The van der Waals surface area contributed by atoms with Crippen LogP contribution in [0.15, 0.2) is 18.2 Å². The zero-order valence-electron chi connectivity index (χ0n) is 17.4. The second-order valence-corrected chi connectivity index (χ2v) is 7.61. The van der Waals surface area contributed by atoms with Gasteiger partial charge in [-0.1, -0.05) is 12.8 Å². The molecule has 30 heavy (non-hydrogen) atoms. The Hall–Kier alpha value is -2.90. The summed E-state index contributed by atoms with van der Waals surface area (Å²) in [5.41, 5.74) is 0.584. The molecule has 162 valence electrons. The number of likely N-dealkylation sites (tertiary alicyclic amines) is 1. The summed E-state index contributed by atoms with van der Waals surface area (Å²) in [6.07, 6.45) is 4.38. The van der Waals surface area contributed by atoms with Gasteiger partial charge >= 0.3 is 11.9 Å². The highest BCUT2D eigenvalue weighted by molar-refractivity contribution is 6.01. The molecular formula is C22H28N2O6. The van der Waals surface area contributed by atoms with E-state index in [4.69, 9.17) is 9.47 Å². The van der Waals surface area contributed by atoms with Gasteiger partial charge in [-0.25, -0.2) is 9.59 Å². The van der Waals surface area contributed by atoms with Crippen LogP contribution in [-0.4, -0.2) is 54.5 Å². The summed E-state index contributed by atoms with van der Waals surface area (Å²) in [5, 5.41) is 2.76. The third-order valence-corrected chi connectivity index (χ3v) is 5.52. The number of anilines is 1. The highest BCUT2D eigenvalue weighted by Gasteiger charge is 2.38. The Balaban J connectivity index is 1.75. The van der Waals surface area contributed by atoms with Gasteiger partial charge in [0.2, 0.25) is 11.8 Å². The van der Waals surface area contributed by atoms with Crippen molar-refractivity contribution < 1.29 is 28.7 Å². The average Bonchev–Trinajstić information content (AvgIpc) is 3.37. The fraction of sp³-hybridized carbons (Fsp3) is 0.545. The largest absolute Gasteiger partial charge is 0.462 e. The smallest absolute Gasteiger partial charge is 0.338 e. The summed E-state index contributed by atoms with van der Waals surface area (Å²) in [5.74, 6) is -1.95. The van der Waals surface area contributed by atoms with Gasteiger partial charge in [0.25, 0.3) is 0 Å². The number of hydrogen-bond donors (Lipinski definition) is 1. The van der Waals surface area contributed by atoms with Gasteiger partial charge in [0.1, 0.15) is 0 Å². The molecule has 1 N–H and O–H groups in total. The van der Waals surface area contributed by atoms with Crippen LogP contribution in [-0.2, 0) is 19.1 Å². The Morgan fingerprint density at radius 2 is 1.57 bits per heavy atom. The van der Waals surface area contributed by atoms with Crippen LogP contribution < -0.4 is 5.32 Å². The van der Waals surface area contributed by atoms with E-state index in [1.165, 1.54) is 18.2 Å². The van der Waals surface area contributed by atoms with Crippen LogP contribution in [0.1, 0.15) is 66.7 Å². The second kappa shape index (κ2) is 9.73. The number of carbonyl (C=O) groups is 4. The van der Waals surface area contributed by atoms with Crippen LogP contribution in [0.3, 0.4) is 0 Å². The molecule has 1 aliphatic carbocycles. The maximum atomic E-state index is 12.8. The van der Waals surface area contributed by atoms with E-state index in [0.717, 1.165) is 25.7 Å². The Kier molecular flexibility index (Phi) is 7.07. The lowest BCUT2D eigenvalue weighted by Gasteiger charge is -2.23. The number of benzene rings is 1. The highest BCUT2D eigenvalue weighted by Crippen LogP contribution is 2.30. The molecule has 0 spiro atoms. The summed E-state index contributed by atoms with van der Waals surface area (Å²) < 4.78 is 10.0. The van der Waals surface area contributed by atoms with Crippen LogP contribution in [0, 0.1) is 5.92 Å². The molecule has 2 aliphatic rings. The molecule has 0 bridgehead atoms. The van der Waals surface area contributed by atoms with Crippen molar-refractivity contribution in [1.82, 2.24) is 4.90 Å². The molecule has 8 heteroatoms. The summed E-state index contributed by atoms with van der Waals surface area (Å²) in [4.78, 5) is 51.4. The fourth-order valence-electron chi connectivity index (χ4n) is 4.08. The number of rotatable bonds is 7. The number of nitrogens with one attached hydrogen (secondary N) is 1. The molecule has 1 saturated carbocycles. The first kappa shape index (κ1) is 21.8. The van der Waals surface area contributed by atoms with Gasteiger partial charge in [0, 0.05) is 24.7 Å². The van der Waals surface area contributed by atoms with Gasteiger partial charge < -0.3 is 19.7 Å². The predicted octanol–water partition coefficient (Wildman–Crippen LogP) is 2.77. The standard InChI is InChI=1S/C22H28N2O6/c1-3-29-21(27)14-9-15(22(28)30-4-2)11-17(10-14)23-20(26)16-12-19(25)24(13-16)18-7-5-6-8-18/h9-11,16,18H,3-8,12-13H2,1-2H3,(H,23,26). The molecule has 1 aliphatic heterocycles. The number of amides is 2. The van der Waals surface area contributed by atoms with Crippen molar-refractivity contribution >= 4 is 29.4 Å². The molecule has 1 aromatic rings. The number of hydrogen-bond acceptors (Lipinski definition) is 6. The van der Waals surface area contributed by atoms with Gasteiger partial charge in [0.15, 0.2) is 0 Å². The first-order valence-electron chi connectivity index (χ1n) is 10.5. The van der Waals surface area contributed by atoms with Crippen LogP contribution in [0.4, 0.5) is 5.69 Å². The van der Waals surface area contributed by atoms with E-state index in [9.17, 15) is 19.2 Å². The monoisotopic (exact) mass is 416 g/mol. The maximum absolute atomic E-state index is 12.8. The van der Waals surface area contributed by atoms with Crippen LogP contribution >= 0.6 is 0 Å². The molecular weight excluding hydrogens is 388 g/mol. The topological polar surface area (TPSA) is 102 Å². The predicted molar refractivity (Wildman–Crippen MR) is 109 cm³/mol. The zero-order valence-corrected chi connectivity index (χ0v) is 17.4. The fourth-order valence-corrected chi connectivity index (χ4v) is 4.08. The molecule has 1 atom stereocenters. The van der Waals surface area contributed by atoms with Crippen LogP contribution in [0.5, 0.6) is 0 Å². The van der Waals surface area contributed by atoms with Crippen molar-refractivity contribution in [3.63, 3.8) is 0 Å². The van der Waals surface area contributed by atoms with E-state index < -0.39 is 17.9 Å². The minimum atomic E-state index is -0.595. The first-order valence-corrected chi connectivity index (χ1v) is 10.5. The maximum Gasteiger partial charge on any atom is 0.338 e. The molecule has 8 nitrogen and oxygen atoms in total. The quantitative estimate of drug-likeness (QED) is 0.686. The van der Waals surface area contributed by atoms with Crippen molar-refractivity contribution in [3.8, 4) is 0 Å². The lowest BCUT2D eigenvalue weighted by molar-refractivity contribution is -0.129. The summed E-state index contributed by atoms with van der Waals surface area (Å²) in [7, 11) is 0. The molecule has 1 unspecified atom stereocenters. The SMILES string of the molecule is CCOC(=O)c1cc(NC(=O)C2CC(=O)N(C3CCCC3)C2)cc(C(=O)OCC)c1. The third-order valence-electron chi connectivity index (χ3n) is 5.52. The van der Waals surface area contributed by atoms with E-state index in [2.05, 4.69) is 5.32 Å². The average molecular weight is 416 g/mol. The third kappa shape index (κ3) is 4.98. The molecule has 1 heterocycles. The van der Waals surface area contributed by atoms with Crippen molar-refractivity contribution in [2.45, 2.75) is 52.0 Å². The van der Waals surface area contributed by atoms with Crippen LogP contribution in [0.25, 0.3) is 0 Å². The highest BCUT2D eigenvalue weighted by atomic mass is 16.5. The molecule has 1 saturated heterocycles. The van der Waals surface area contributed by atoms with Crippen molar-refractivity contribution in [1.29, 1.82) is 0 Å². The lowest BCUT2D eigenvalue weighted by Crippen LogP contribution is -2.35. The van der Waals surface area contributed by atoms with E-state index in [0.29, 0.717) is 12.2 Å². The Morgan fingerprint density at radius 3 is 2.10 bits per heavy atom. The van der Waals surface area contributed by atoms with Crippen LogP contribution in [0.2, 0.25) is 0 Å². The van der Waals surface area contributed by atoms with E-state index in [-0.39, 0.29) is 48.6 Å². The first-order chi connectivity index (χ1) is 14.4. The van der Waals surface area contributed by atoms with Crippen molar-refractivity contribution in [2.24, 2.45) is 5.92 Å². The number of nitrogens with zero attached hydrogens (tertiary/aromatic N) is 1. The Labute approximate surface area is 175 Å². The number of ether oxygens (including phenoxy) is 2. The second-order valence-electron chi connectivity index (χ2n) is 7.61. The molecule has 2 amide bonds. The van der Waals surface area contributed by atoms with Crippen molar-refractivity contribution in [2.75, 3.05) is 25.1 Å². The minimum Gasteiger partial charge on any atom is -0.462 e. The molecule has 1 aromatic carbocycles. The van der Waals surface area contributed by atoms with Gasteiger partial charge in [-0.2, -0.15) is 0 Å². The summed E-state index contributed by atoms with van der Waals surface area (Å²) in [6, 6.07) is 4.54. The Bertz CT molecular complexity index is 795. The Morgan fingerprint density at radius 1 is 1.00 bits per heavy atom. The minimum absolute atomic E-state index is 0.00883. The van der Waals surface area contributed by atoms with Gasteiger partial charge in [0.05, 0.1) is 30.3 Å². The number of carbonyl (C=O) groups excluding carboxylic acids is 4. The molecule has 2 fully saturated rings. The lowest BCUT2D eigenvalue weighted by atomic mass is 10.1. The normalized spacial score (nSPS) is 19.1. The zero-order chi connectivity index (χ0) is 21.7. The van der Waals surface area contributed by atoms with Gasteiger partial charge in [-0.15, -0.1) is 0 Å². The number of esters is 2. The van der Waals surface area contributed by atoms with E-state index in [1.54, 1.807) is 13.8 Å². The molecule has 0 aromatic heterocycles. The summed E-state index contributed by atoms with van der Waals surface area (Å²) >= 11 is 0. The van der Waals surface area contributed by atoms with Gasteiger partial charge in [-0.3, -0.25) is 9.59 Å². The summed E-state index contributed by atoms with van der Waals surface area (Å²) in [6.45, 7) is 4.14. The van der Waals surface area contributed by atoms with E-state index in [1.807, 2.05) is 4.90 Å². The van der Waals surface area contributed by atoms with Crippen molar-refractivity contribution in [3.05, 3.63) is 29.3 Å². The van der Waals surface area contributed by atoms with E-state index >= 15 is 0 Å². The van der Waals surface area contributed by atoms with Gasteiger partial charge in [-0.05, 0) is 44.9 Å².